The van der Waals surface area contributed by atoms with Crippen molar-refractivity contribution >= 4 is 17.6 Å². The molecule has 3 aliphatic rings. The number of halogens is 1. The lowest BCUT2D eigenvalue weighted by Crippen LogP contribution is -2.53. The summed E-state index contributed by atoms with van der Waals surface area (Å²) >= 11 is 6.20. The van der Waals surface area contributed by atoms with Crippen LogP contribution in [0.25, 0.3) is 0 Å². The minimum atomic E-state index is -0.250. The number of carbonyl (C=O) groups is 1. The standard InChI is InChI=1S/C20H27ClN2O2/c21-15-7-3-6-14(10-15)19(13-4-1-2-5-13)22-20(25)23-16-8-9-17(23)12-18(24)11-16/h3,6-7,10,13,16-19,24H,1-2,4-5,8-9,11-12H2,(H,22,25). The van der Waals surface area contributed by atoms with Crippen molar-refractivity contribution < 1.29 is 9.90 Å². The molecule has 3 fully saturated rings. The van der Waals surface area contributed by atoms with Gasteiger partial charge in [-0.2, -0.15) is 0 Å². The predicted octanol–water partition coefficient (Wildman–Crippen LogP) is 4.27. The fraction of sp³-hybridized carbons (Fsp3) is 0.650. The van der Waals surface area contributed by atoms with Gasteiger partial charge in [-0.15, -0.1) is 0 Å². The average molecular weight is 363 g/mol. The van der Waals surface area contributed by atoms with E-state index in [2.05, 4.69) is 11.4 Å². The zero-order valence-corrected chi connectivity index (χ0v) is 15.3. The Labute approximate surface area is 154 Å². The smallest absolute Gasteiger partial charge is 0.318 e. The van der Waals surface area contributed by atoms with E-state index in [0.29, 0.717) is 5.92 Å². The fourth-order valence-corrected chi connectivity index (χ4v) is 5.35. The predicted molar refractivity (Wildman–Crippen MR) is 98.6 cm³/mol. The first-order chi connectivity index (χ1) is 12.1. The van der Waals surface area contributed by atoms with E-state index in [1.807, 2.05) is 23.1 Å². The summed E-state index contributed by atoms with van der Waals surface area (Å²) in [5.41, 5.74) is 1.11. The molecule has 1 saturated carbocycles. The van der Waals surface area contributed by atoms with Crippen LogP contribution in [0.15, 0.2) is 24.3 Å². The molecule has 3 atom stereocenters. The van der Waals surface area contributed by atoms with Gasteiger partial charge in [0.2, 0.25) is 0 Å². The van der Waals surface area contributed by atoms with Crippen LogP contribution in [0.4, 0.5) is 4.79 Å². The monoisotopic (exact) mass is 362 g/mol. The molecule has 1 aromatic rings. The Morgan fingerprint density at radius 1 is 1.16 bits per heavy atom. The van der Waals surface area contributed by atoms with Crippen LogP contribution in [-0.2, 0) is 0 Å². The van der Waals surface area contributed by atoms with E-state index < -0.39 is 0 Å². The number of urea groups is 1. The van der Waals surface area contributed by atoms with E-state index in [9.17, 15) is 9.90 Å². The molecule has 0 radical (unpaired) electrons. The highest BCUT2D eigenvalue weighted by Gasteiger charge is 2.43. The van der Waals surface area contributed by atoms with Crippen LogP contribution < -0.4 is 5.32 Å². The number of amides is 2. The van der Waals surface area contributed by atoms with Gasteiger partial charge in [0.15, 0.2) is 0 Å². The van der Waals surface area contributed by atoms with E-state index in [1.165, 1.54) is 12.8 Å². The van der Waals surface area contributed by atoms with Crippen molar-refractivity contribution in [1.29, 1.82) is 0 Å². The van der Waals surface area contributed by atoms with Gasteiger partial charge in [-0.25, -0.2) is 4.79 Å². The molecule has 2 N–H and O–H groups in total. The lowest BCUT2D eigenvalue weighted by atomic mass is 9.91. The molecule has 0 spiro atoms. The molecule has 4 rings (SSSR count). The Balaban J connectivity index is 1.53. The molecule has 25 heavy (non-hydrogen) atoms. The molecule has 1 aliphatic carbocycles. The number of piperidine rings is 1. The number of aliphatic hydroxyl groups excluding tert-OH is 1. The largest absolute Gasteiger partial charge is 0.393 e. The minimum absolute atomic E-state index is 0.0277. The second-order valence-electron chi connectivity index (χ2n) is 7.94. The van der Waals surface area contributed by atoms with Crippen molar-refractivity contribution in [3.05, 3.63) is 34.9 Å². The number of hydrogen-bond acceptors (Lipinski definition) is 2. The van der Waals surface area contributed by atoms with Crippen molar-refractivity contribution in [2.24, 2.45) is 5.92 Å². The Bertz CT molecular complexity index is 618. The second kappa shape index (κ2) is 7.16. The first kappa shape index (κ1) is 17.2. The molecule has 2 saturated heterocycles. The maximum atomic E-state index is 13.1. The van der Waals surface area contributed by atoms with E-state index in [0.717, 1.165) is 49.1 Å². The number of hydrogen-bond donors (Lipinski definition) is 2. The number of rotatable bonds is 3. The van der Waals surface area contributed by atoms with Crippen LogP contribution in [0, 0.1) is 5.92 Å². The molecule has 0 aromatic heterocycles. The third-order valence-electron chi connectivity index (χ3n) is 6.30. The topological polar surface area (TPSA) is 52.6 Å². The van der Waals surface area contributed by atoms with Gasteiger partial charge in [0.1, 0.15) is 0 Å². The number of nitrogens with one attached hydrogen (secondary N) is 1. The highest BCUT2D eigenvalue weighted by Crippen LogP contribution is 2.39. The molecule has 2 heterocycles. The number of aliphatic hydroxyl groups is 1. The van der Waals surface area contributed by atoms with Crippen molar-refractivity contribution in [2.45, 2.75) is 75.6 Å². The van der Waals surface area contributed by atoms with Gasteiger partial charge in [-0.05, 0) is 62.1 Å². The molecular weight excluding hydrogens is 336 g/mol. The van der Waals surface area contributed by atoms with Gasteiger partial charge in [-0.1, -0.05) is 36.6 Å². The van der Waals surface area contributed by atoms with Gasteiger partial charge in [0.05, 0.1) is 12.1 Å². The maximum absolute atomic E-state index is 13.1. The number of nitrogens with zero attached hydrogens (tertiary/aromatic N) is 1. The van der Waals surface area contributed by atoms with Crippen molar-refractivity contribution in [1.82, 2.24) is 10.2 Å². The normalized spacial score (nSPS) is 30.5. The number of carbonyl (C=O) groups excluding carboxylic acids is 1. The van der Waals surface area contributed by atoms with Crippen LogP contribution >= 0.6 is 11.6 Å². The summed E-state index contributed by atoms with van der Waals surface area (Å²) in [4.78, 5) is 15.1. The van der Waals surface area contributed by atoms with E-state index >= 15 is 0 Å². The van der Waals surface area contributed by atoms with Gasteiger partial charge >= 0.3 is 6.03 Å². The summed E-state index contributed by atoms with van der Waals surface area (Å²) in [6.07, 6.45) is 7.99. The van der Waals surface area contributed by atoms with Crippen LogP contribution in [-0.4, -0.2) is 34.2 Å². The Hall–Kier alpha value is -1.26. The quantitative estimate of drug-likeness (QED) is 0.843. The van der Waals surface area contributed by atoms with Crippen molar-refractivity contribution in [2.75, 3.05) is 0 Å². The molecule has 2 amide bonds. The zero-order chi connectivity index (χ0) is 17.4. The summed E-state index contributed by atoms with van der Waals surface area (Å²) in [5.74, 6) is 0.482. The summed E-state index contributed by atoms with van der Waals surface area (Å²) in [5, 5.41) is 14.0. The molecule has 2 aliphatic heterocycles. The zero-order valence-electron chi connectivity index (χ0n) is 14.5. The lowest BCUT2D eigenvalue weighted by molar-refractivity contribution is 0.0527. The van der Waals surface area contributed by atoms with Crippen LogP contribution in [0.2, 0.25) is 5.02 Å². The van der Waals surface area contributed by atoms with Gasteiger partial charge in [0.25, 0.3) is 0 Å². The number of fused-ring (bicyclic) bond motifs is 2. The summed E-state index contributed by atoms with van der Waals surface area (Å²) in [6.45, 7) is 0. The van der Waals surface area contributed by atoms with Crippen LogP contribution in [0.5, 0.6) is 0 Å². The third-order valence-corrected chi connectivity index (χ3v) is 6.54. The molecular formula is C20H27ClN2O2. The second-order valence-corrected chi connectivity index (χ2v) is 8.38. The summed E-state index contributed by atoms with van der Waals surface area (Å²) < 4.78 is 0. The van der Waals surface area contributed by atoms with Crippen molar-refractivity contribution in [3.63, 3.8) is 0 Å². The third kappa shape index (κ3) is 3.52. The summed E-state index contributed by atoms with van der Waals surface area (Å²) in [7, 11) is 0. The molecule has 136 valence electrons. The fourth-order valence-electron chi connectivity index (χ4n) is 5.15. The van der Waals surface area contributed by atoms with Crippen LogP contribution in [0.1, 0.15) is 63.0 Å². The Morgan fingerprint density at radius 3 is 2.48 bits per heavy atom. The Kier molecular flexibility index (Phi) is 4.92. The minimum Gasteiger partial charge on any atom is -0.393 e. The first-order valence-electron chi connectivity index (χ1n) is 9.64. The molecule has 2 bridgehead atoms. The SMILES string of the molecule is O=C(NC(c1cccc(Cl)c1)C1CCCC1)N1C2CCC1CC(O)C2. The van der Waals surface area contributed by atoms with Crippen LogP contribution in [0.3, 0.4) is 0 Å². The van der Waals surface area contributed by atoms with Gasteiger partial charge < -0.3 is 15.3 Å². The highest BCUT2D eigenvalue weighted by atomic mass is 35.5. The highest BCUT2D eigenvalue weighted by molar-refractivity contribution is 6.30. The van der Waals surface area contributed by atoms with Gasteiger partial charge in [-0.3, -0.25) is 0 Å². The van der Waals surface area contributed by atoms with E-state index in [-0.39, 0.29) is 30.3 Å². The van der Waals surface area contributed by atoms with E-state index in [1.54, 1.807) is 0 Å². The lowest BCUT2D eigenvalue weighted by Gasteiger charge is -2.38. The number of benzene rings is 1. The molecule has 4 nitrogen and oxygen atoms in total. The van der Waals surface area contributed by atoms with Gasteiger partial charge in [0, 0.05) is 17.1 Å². The molecule has 1 aromatic carbocycles. The van der Waals surface area contributed by atoms with Crippen molar-refractivity contribution in [3.8, 4) is 0 Å². The Morgan fingerprint density at radius 2 is 1.84 bits per heavy atom. The molecule has 5 heteroatoms. The summed E-state index contributed by atoms with van der Waals surface area (Å²) in [6, 6.07) is 8.35. The maximum Gasteiger partial charge on any atom is 0.318 e. The molecule has 3 unspecified atom stereocenters. The average Bonchev–Trinajstić information content (AvgIpc) is 3.19. The van der Waals surface area contributed by atoms with E-state index in [4.69, 9.17) is 11.6 Å². The first-order valence-corrected chi connectivity index (χ1v) is 10.0.